The van der Waals surface area contributed by atoms with E-state index in [9.17, 15) is 4.79 Å². The molecule has 5 nitrogen and oxygen atoms in total. The Morgan fingerprint density at radius 2 is 1.86 bits per heavy atom. The average Bonchev–Trinajstić information content (AvgIpc) is 3.11. The molecule has 0 saturated carbocycles. The number of benzene rings is 2. The van der Waals surface area contributed by atoms with E-state index in [4.69, 9.17) is 23.2 Å². The van der Waals surface area contributed by atoms with E-state index in [1.165, 1.54) is 0 Å². The SMILES string of the molecule is O=C(NCc1ccccn1)c1ccc2nc(Cc3c(Cl)cccc3Cl)[nH]c2c1. The van der Waals surface area contributed by atoms with Gasteiger partial charge in [0.1, 0.15) is 5.82 Å². The lowest BCUT2D eigenvalue weighted by molar-refractivity contribution is 0.0950. The highest BCUT2D eigenvalue weighted by molar-refractivity contribution is 6.36. The van der Waals surface area contributed by atoms with E-state index < -0.39 is 0 Å². The third-order valence-corrected chi connectivity index (χ3v) is 5.06. The summed E-state index contributed by atoms with van der Waals surface area (Å²) in [6, 6.07) is 16.4. The van der Waals surface area contributed by atoms with E-state index in [0.29, 0.717) is 28.6 Å². The monoisotopic (exact) mass is 410 g/mol. The Hall–Kier alpha value is -2.89. The van der Waals surface area contributed by atoms with Crippen molar-refractivity contribution in [1.82, 2.24) is 20.3 Å². The first kappa shape index (κ1) is 18.5. The summed E-state index contributed by atoms with van der Waals surface area (Å²) in [5, 5.41) is 4.07. The number of H-pyrrole nitrogens is 1. The molecule has 2 heterocycles. The van der Waals surface area contributed by atoms with Crippen LogP contribution in [0.3, 0.4) is 0 Å². The number of rotatable bonds is 5. The van der Waals surface area contributed by atoms with Crippen molar-refractivity contribution in [2.75, 3.05) is 0 Å². The number of imidazole rings is 1. The number of aromatic nitrogens is 3. The van der Waals surface area contributed by atoms with Gasteiger partial charge in [-0.25, -0.2) is 4.98 Å². The largest absolute Gasteiger partial charge is 0.346 e. The summed E-state index contributed by atoms with van der Waals surface area (Å²) < 4.78 is 0. The second-order valence-corrected chi connectivity index (χ2v) is 7.11. The van der Waals surface area contributed by atoms with Crippen LogP contribution in [0.15, 0.2) is 60.8 Å². The zero-order valence-corrected chi connectivity index (χ0v) is 16.3. The van der Waals surface area contributed by atoms with Crippen LogP contribution in [0, 0.1) is 0 Å². The quantitative estimate of drug-likeness (QED) is 0.496. The van der Waals surface area contributed by atoms with Crippen LogP contribution in [0.4, 0.5) is 0 Å². The molecule has 0 aliphatic heterocycles. The molecule has 0 aliphatic rings. The minimum Gasteiger partial charge on any atom is -0.346 e. The smallest absolute Gasteiger partial charge is 0.251 e. The fraction of sp³-hybridized carbons (Fsp3) is 0.0952. The van der Waals surface area contributed by atoms with Gasteiger partial charge in [-0.05, 0) is 48.0 Å². The fourth-order valence-electron chi connectivity index (χ4n) is 2.93. The average molecular weight is 411 g/mol. The van der Waals surface area contributed by atoms with Gasteiger partial charge in [0.15, 0.2) is 0 Å². The van der Waals surface area contributed by atoms with Crippen molar-refractivity contribution in [1.29, 1.82) is 0 Å². The molecule has 0 saturated heterocycles. The maximum atomic E-state index is 12.4. The highest BCUT2D eigenvalue weighted by atomic mass is 35.5. The van der Waals surface area contributed by atoms with Gasteiger partial charge in [0, 0.05) is 28.2 Å². The topological polar surface area (TPSA) is 70.7 Å². The molecule has 0 unspecified atom stereocenters. The van der Waals surface area contributed by atoms with Crippen molar-refractivity contribution in [3.05, 3.63) is 93.5 Å². The Morgan fingerprint density at radius 3 is 2.61 bits per heavy atom. The van der Waals surface area contributed by atoms with E-state index in [1.807, 2.05) is 30.3 Å². The standard InChI is InChI=1S/C21H16Cl2N4O/c22-16-5-3-6-17(23)15(16)11-20-26-18-8-7-13(10-19(18)27-20)21(28)25-12-14-4-1-2-9-24-14/h1-10H,11-12H2,(H,25,28)(H,26,27). The van der Waals surface area contributed by atoms with Crippen molar-refractivity contribution in [2.24, 2.45) is 0 Å². The van der Waals surface area contributed by atoms with E-state index in [1.54, 1.807) is 30.5 Å². The van der Waals surface area contributed by atoms with Gasteiger partial charge in [0.2, 0.25) is 0 Å². The van der Waals surface area contributed by atoms with Crippen LogP contribution in [0.5, 0.6) is 0 Å². The molecular weight excluding hydrogens is 395 g/mol. The van der Waals surface area contributed by atoms with Crippen LogP contribution in [0.25, 0.3) is 11.0 Å². The zero-order valence-electron chi connectivity index (χ0n) is 14.7. The van der Waals surface area contributed by atoms with E-state index in [0.717, 1.165) is 28.1 Å². The Morgan fingerprint density at radius 1 is 1.04 bits per heavy atom. The van der Waals surface area contributed by atoms with Crippen molar-refractivity contribution < 1.29 is 4.79 Å². The van der Waals surface area contributed by atoms with Gasteiger partial charge in [-0.15, -0.1) is 0 Å². The summed E-state index contributed by atoms with van der Waals surface area (Å²) in [7, 11) is 0. The van der Waals surface area contributed by atoms with Crippen LogP contribution in [0.1, 0.15) is 27.4 Å². The first-order chi connectivity index (χ1) is 13.6. The first-order valence-corrected chi connectivity index (χ1v) is 9.45. The lowest BCUT2D eigenvalue weighted by Crippen LogP contribution is -2.23. The van der Waals surface area contributed by atoms with Gasteiger partial charge in [-0.3, -0.25) is 9.78 Å². The second kappa shape index (κ2) is 8.00. The Balaban J connectivity index is 1.52. The molecule has 0 radical (unpaired) electrons. The van der Waals surface area contributed by atoms with Gasteiger partial charge >= 0.3 is 0 Å². The lowest BCUT2D eigenvalue weighted by atomic mass is 10.1. The molecule has 1 amide bonds. The molecule has 2 N–H and O–H groups in total. The van der Waals surface area contributed by atoms with Gasteiger partial charge in [0.05, 0.1) is 23.3 Å². The minimum atomic E-state index is -0.169. The van der Waals surface area contributed by atoms with Crippen molar-refractivity contribution in [2.45, 2.75) is 13.0 Å². The van der Waals surface area contributed by atoms with E-state index >= 15 is 0 Å². The third-order valence-electron chi connectivity index (χ3n) is 4.36. The van der Waals surface area contributed by atoms with Crippen molar-refractivity contribution >= 4 is 40.1 Å². The molecule has 4 rings (SSSR count). The molecule has 2 aromatic carbocycles. The van der Waals surface area contributed by atoms with Crippen LogP contribution < -0.4 is 5.32 Å². The maximum absolute atomic E-state index is 12.4. The molecule has 4 aromatic rings. The normalized spacial score (nSPS) is 10.9. The summed E-state index contributed by atoms with van der Waals surface area (Å²) in [6.45, 7) is 0.372. The summed E-state index contributed by atoms with van der Waals surface area (Å²) >= 11 is 12.5. The number of hydrogen-bond acceptors (Lipinski definition) is 3. The highest BCUT2D eigenvalue weighted by Crippen LogP contribution is 2.27. The molecule has 7 heteroatoms. The summed E-state index contributed by atoms with van der Waals surface area (Å²) in [4.78, 5) is 24.5. The predicted molar refractivity (Wildman–Crippen MR) is 111 cm³/mol. The Kier molecular flexibility index (Phi) is 5.28. The van der Waals surface area contributed by atoms with Crippen LogP contribution in [-0.4, -0.2) is 20.9 Å². The minimum absolute atomic E-state index is 0.169. The van der Waals surface area contributed by atoms with Gasteiger partial charge in [0.25, 0.3) is 5.91 Å². The number of carbonyl (C=O) groups excluding carboxylic acids is 1. The number of hydrogen-bond donors (Lipinski definition) is 2. The first-order valence-electron chi connectivity index (χ1n) is 8.70. The number of pyridine rings is 1. The summed E-state index contributed by atoms with van der Waals surface area (Å²) in [6.07, 6.45) is 2.18. The van der Waals surface area contributed by atoms with Crippen molar-refractivity contribution in [3.8, 4) is 0 Å². The predicted octanol–water partition coefficient (Wildman–Crippen LogP) is 4.79. The summed E-state index contributed by atoms with van der Waals surface area (Å²) in [5.74, 6) is 0.564. The molecule has 0 atom stereocenters. The summed E-state index contributed by atoms with van der Waals surface area (Å²) in [5.41, 5.74) is 3.73. The number of aromatic amines is 1. The number of nitrogens with zero attached hydrogens (tertiary/aromatic N) is 2. The number of amides is 1. The highest BCUT2D eigenvalue weighted by Gasteiger charge is 2.12. The molecule has 140 valence electrons. The van der Waals surface area contributed by atoms with E-state index in [2.05, 4.69) is 20.3 Å². The molecule has 0 fully saturated rings. The van der Waals surface area contributed by atoms with Crippen molar-refractivity contribution in [3.63, 3.8) is 0 Å². The maximum Gasteiger partial charge on any atom is 0.251 e. The Bertz CT molecular complexity index is 1120. The molecule has 0 bridgehead atoms. The van der Waals surface area contributed by atoms with Crippen LogP contribution in [-0.2, 0) is 13.0 Å². The van der Waals surface area contributed by atoms with Gasteiger partial charge in [-0.1, -0.05) is 35.3 Å². The Labute approximate surface area is 171 Å². The third kappa shape index (κ3) is 4.01. The number of fused-ring (bicyclic) bond motifs is 1. The molecule has 0 aliphatic carbocycles. The second-order valence-electron chi connectivity index (χ2n) is 6.30. The molecule has 28 heavy (non-hydrogen) atoms. The zero-order chi connectivity index (χ0) is 19.5. The van der Waals surface area contributed by atoms with E-state index in [-0.39, 0.29) is 5.91 Å². The van der Waals surface area contributed by atoms with Crippen LogP contribution >= 0.6 is 23.2 Å². The molecule has 0 spiro atoms. The number of carbonyl (C=O) groups is 1. The number of halogens is 2. The number of nitrogens with one attached hydrogen (secondary N) is 2. The van der Waals surface area contributed by atoms with Crippen LogP contribution in [0.2, 0.25) is 10.0 Å². The lowest BCUT2D eigenvalue weighted by Gasteiger charge is -2.04. The van der Waals surface area contributed by atoms with Gasteiger partial charge in [-0.2, -0.15) is 0 Å². The fourth-order valence-corrected chi connectivity index (χ4v) is 3.46. The molecule has 2 aromatic heterocycles. The van der Waals surface area contributed by atoms with Gasteiger partial charge < -0.3 is 10.3 Å². The molecular formula is C21H16Cl2N4O.